The van der Waals surface area contributed by atoms with E-state index < -0.39 is 30.1 Å². The van der Waals surface area contributed by atoms with Crippen LogP contribution in [0.3, 0.4) is 0 Å². The van der Waals surface area contributed by atoms with E-state index >= 15 is 0 Å². The lowest BCUT2D eigenvalue weighted by atomic mass is 10.1. The first kappa shape index (κ1) is 14.6. The van der Waals surface area contributed by atoms with E-state index in [9.17, 15) is 14.7 Å². The molecule has 2 rings (SSSR count). The SMILES string of the molecule is CC(O)C(NC(=O)C1Cc2cc(Cl)ccc2O1)C(=O)O. The topological polar surface area (TPSA) is 95.9 Å². The van der Waals surface area contributed by atoms with E-state index in [2.05, 4.69) is 5.32 Å². The first-order chi connectivity index (χ1) is 9.38. The lowest BCUT2D eigenvalue weighted by Gasteiger charge is -2.19. The van der Waals surface area contributed by atoms with Crippen LogP contribution in [-0.2, 0) is 16.0 Å². The first-order valence-electron chi connectivity index (χ1n) is 6.05. The summed E-state index contributed by atoms with van der Waals surface area (Å²) in [4.78, 5) is 22.9. The van der Waals surface area contributed by atoms with Crippen LogP contribution in [0.4, 0.5) is 0 Å². The van der Waals surface area contributed by atoms with E-state index in [4.69, 9.17) is 21.4 Å². The number of carbonyl (C=O) groups excluding carboxylic acids is 1. The van der Waals surface area contributed by atoms with Crippen molar-refractivity contribution in [2.24, 2.45) is 0 Å². The van der Waals surface area contributed by atoms with E-state index in [0.29, 0.717) is 17.2 Å². The van der Waals surface area contributed by atoms with Crippen molar-refractivity contribution in [3.05, 3.63) is 28.8 Å². The van der Waals surface area contributed by atoms with Crippen molar-refractivity contribution in [3.8, 4) is 5.75 Å². The predicted octanol–water partition coefficient (Wildman–Crippen LogP) is 0.594. The summed E-state index contributed by atoms with van der Waals surface area (Å²) in [5.74, 6) is -1.32. The molecule has 1 amide bonds. The second-order valence-electron chi connectivity index (χ2n) is 4.63. The summed E-state index contributed by atoms with van der Waals surface area (Å²) < 4.78 is 5.44. The Balaban J connectivity index is 2.04. The third-order valence-corrected chi connectivity index (χ3v) is 3.27. The summed E-state index contributed by atoms with van der Waals surface area (Å²) in [5, 5.41) is 21.0. The highest BCUT2D eigenvalue weighted by atomic mass is 35.5. The number of nitrogens with one attached hydrogen (secondary N) is 1. The molecule has 1 aliphatic heterocycles. The molecule has 1 aliphatic rings. The van der Waals surface area contributed by atoms with Crippen molar-refractivity contribution >= 4 is 23.5 Å². The molecule has 0 aliphatic carbocycles. The molecule has 0 spiro atoms. The molecular weight excluding hydrogens is 286 g/mol. The van der Waals surface area contributed by atoms with Crippen molar-refractivity contribution < 1.29 is 24.5 Å². The van der Waals surface area contributed by atoms with Gasteiger partial charge in [-0.1, -0.05) is 11.6 Å². The van der Waals surface area contributed by atoms with Crippen molar-refractivity contribution in [2.45, 2.75) is 31.6 Å². The van der Waals surface area contributed by atoms with Gasteiger partial charge in [-0.3, -0.25) is 4.79 Å². The van der Waals surface area contributed by atoms with Gasteiger partial charge in [0.15, 0.2) is 12.1 Å². The van der Waals surface area contributed by atoms with Crippen molar-refractivity contribution in [2.75, 3.05) is 0 Å². The van der Waals surface area contributed by atoms with E-state index in [-0.39, 0.29) is 0 Å². The maximum absolute atomic E-state index is 12.0. The lowest BCUT2D eigenvalue weighted by Crippen LogP contribution is -2.51. The maximum atomic E-state index is 12.0. The van der Waals surface area contributed by atoms with E-state index in [1.54, 1.807) is 18.2 Å². The van der Waals surface area contributed by atoms with Crippen LogP contribution in [0.5, 0.6) is 5.75 Å². The molecule has 1 aromatic carbocycles. The molecule has 7 heteroatoms. The molecule has 0 saturated heterocycles. The van der Waals surface area contributed by atoms with E-state index in [1.807, 2.05) is 0 Å². The van der Waals surface area contributed by atoms with Crippen LogP contribution < -0.4 is 10.1 Å². The zero-order valence-electron chi connectivity index (χ0n) is 10.7. The zero-order valence-corrected chi connectivity index (χ0v) is 11.4. The molecule has 0 bridgehead atoms. The van der Waals surface area contributed by atoms with Crippen LogP contribution >= 0.6 is 11.6 Å². The number of aliphatic hydroxyl groups is 1. The highest BCUT2D eigenvalue weighted by molar-refractivity contribution is 6.30. The largest absolute Gasteiger partial charge is 0.480 e. The Kier molecular flexibility index (Phi) is 4.15. The van der Waals surface area contributed by atoms with Crippen molar-refractivity contribution in [3.63, 3.8) is 0 Å². The number of aliphatic hydroxyl groups excluding tert-OH is 1. The Morgan fingerprint density at radius 1 is 1.50 bits per heavy atom. The molecule has 0 saturated carbocycles. The van der Waals surface area contributed by atoms with Crippen LogP contribution in [0.25, 0.3) is 0 Å². The van der Waals surface area contributed by atoms with Gasteiger partial charge in [-0.05, 0) is 30.7 Å². The van der Waals surface area contributed by atoms with Crippen LogP contribution in [-0.4, -0.2) is 40.3 Å². The number of amides is 1. The molecule has 1 heterocycles. The zero-order chi connectivity index (χ0) is 14.9. The highest BCUT2D eigenvalue weighted by Gasteiger charge is 2.33. The summed E-state index contributed by atoms with van der Waals surface area (Å²) in [7, 11) is 0. The van der Waals surface area contributed by atoms with Crippen LogP contribution in [0, 0.1) is 0 Å². The molecule has 3 atom stereocenters. The van der Waals surface area contributed by atoms with Crippen LogP contribution in [0.2, 0.25) is 5.02 Å². The minimum absolute atomic E-state index is 0.313. The smallest absolute Gasteiger partial charge is 0.328 e. The summed E-state index contributed by atoms with van der Waals surface area (Å²) in [6.45, 7) is 1.29. The normalized spacial score (nSPS) is 19.6. The Bertz CT molecular complexity index is 546. The first-order valence-corrected chi connectivity index (χ1v) is 6.42. The van der Waals surface area contributed by atoms with Gasteiger partial charge in [-0.25, -0.2) is 4.79 Å². The summed E-state index contributed by atoms with van der Waals surface area (Å²) in [5.41, 5.74) is 0.793. The van der Waals surface area contributed by atoms with Crippen molar-refractivity contribution in [1.82, 2.24) is 5.32 Å². The third kappa shape index (κ3) is 3.02. The molecule has 3 unspecified atom stereocenters. The predicted molar refractivity (Wildman–Crippen MR) is 70.8 cm³/mol. The number of carboxylic acid groups (broad SMARTS) is 1. The standard InChI is InChI=1S/C13H14ClNO5/c1-6(16)11(13(18)19)15-12(17)10-5-7-4-8(14)2-3-9(7)20-10/h2-4,6,10-11,16H,5H2,1H3,(H,15,17)(H,18,19). The molecule has 6 nitrogen and oxygen atoms in total. The number of hydrogen-bond donors (Lipinski definition) is 3. The van der Waals surface area contributed by atoms with Gasteiger partial charge in [0.05, 0.1) is 6.10 Å². The number of aliphatic carboxylic acids is 1. The van der Waals surface area contributed by atoms with Crippen LogP contribution in [0.1, 0.15) is 12.5 Å². The minimum atomic E-state index is -1.36. The molecule has 0 aromatic heterocycles. The number of carboxylic acids is 1. The summed E-state index contributed by atoms with van der Waals surface area (Å²) >= 11 is 5.85. The number of benzene rings is 1. The fraction of sp³-hybridized carbons (Fsp3) is 0.385. The molecule has 20 heavy (non-hydrogen) atoms. The van der Waals surface area contributed by atoms with Crippen molar-refractivity contribution in [1.29, 1.82) is 0 Å². The molecule has 0 radical (unpaired) electrons. The van der Waals surface area contributed by atoms with Gasteiger partial charge in [0, 0.05) is 11.4 Å². The molecule has 108 valence electrons. The van der Waals surface area contributed by atoms with Gasteiger partial charge >= 0.3 is 5.97 Å². The number of halogens is 1. The van der Waals surface area contributed by atoms with Gasteiger partial charge in [0.1, 0.15) is 5.75 Å². The second kappa shape index (κ2) is 5.68. The number of rotatable bonds is 4. The minimum Gasteiger partial charge on any atom is -0.480 e. The number of carbonyl (C=O) groups is 2. The van der Waals surface area contributed by atoms with Gasteiger partial charge in [-0.15, -0.1) is 0 Å². The Morgan fingerprint density at radius 3 is 2.80 bits per heavy atom. The highest BCUT2D eigenvalue weighted by Crippen LogP contribution is 2.31. The molecule has 1 aromatic rings. The molecule has 0 fully saturated rings. The number of ether oxygens (including phenoxy) is 1. The fourth-order valence-electron chi connectivity index (χ4n) is 2.00. The lowest BCUT2D eigenvalue weighted by molar-refractivity contribution is -0.145. The summed E-state index contributed by atoms with van der Waals surface area (Å²) in [6, 6.07) is 3.65. The Hall–Kier alpha value is -1.79. The van der Waals surface area contributed by atoms with Gasteiger partial charge in [-0.2, -0.15) is 0 Å². The third-order valence-electron chi connectivity index (χ3n) is 3.04. The maximum Gasteiger partial charge on any atom is 0.328 e. The second-order valence-corrected chi connectivity index (χ2v) is 5.06. The average molecular weight is 300 g/mol. The van der Waals surface area contributed by atoms with Gasteiger partial charge in [0.25, 0.3) is 5.91 Å². The monoisotopic (exact) mass is 299 g/mol. The quantitative estimate of drug-likeness (QED) is 0.756. The van der Waals surface area contributed by atoms with Crippen LogP contribution in [0.15, 0.2) is 18.2 Å². The molecule has 3 N–H and O–H groups in total. The van der Waals surface area contributed by atoms with Gasteiger partial charge < -0.3 is 20.3 Å². The van der Waals surface area contributed by atoms with E-state index in [0.717, 1.165) is 5.56 Å². The number of hydrogen-bond acceptors (Lipinski definition) is 4. The number of fused-ring (bicyclic) bond motifs is 1. The summed E-state index contributed by atoms with van der Waals surface area (Å²) in [6.07, 6.45) is -1.70. The Morgan fingerprint density at radius 2 is 2.20 bits per heavy atom. The average Bonchev–Trinajstić information content (AvgIpc) is 2.77. The Labute approximate surface area is 120 Å². The molecular formula is C13H14ClNO5. The van der Waals surface area contributed by atoms with Gasteiger partial charge in [0.2, 0.25) is 0 Å². The fourth-order valence-corrected chi connectivity index (χ4v) is 2.19. The van der Waals surface area contributed by atoms with E-state index in [1.165, 1.54) is 6.92 Å².